The Morgan fingerprint density at radius 2 is 1.89 bits per heavy atom. The molecule has 5 nitrogen and oxygen atoms in total. The van der Waals surface area contributed by atoms with E-state index in [4.69, 9.17) is 4.74 Å². The molecule has 0 fully saturated rings. The molecule has 1 N–H and O–H groups in total. The molecular weight excluding hydrogens is 350 g/mol. The number of anilines is 1. The number of methoxy groups -OCH3 is 1. The van der Waals surface area contributed by atoms with Crippen molar-refractivity contribution < 1.29 is 9.53 Å². The summed E-state index contributed by atoms with van der Waals surface area (Å²) in [6.07, 6.45) is 4.53. The van der Waals surface area contributed by atoms with Crippen LogP contribution < -0.4 is 9.64 Å². The Bertz CT molecular complexity index is 1160. The number of aromatic amines is 1. The molecule has 0 radical (unpaired) electrons. The average molecular weight is 369 g/mol. The molecule has 1 amide bonds. The van der Waals surface area contributed by atoms with E-state index in [9.17, 15) is 4.79 Å². The molecule has 0 spiro atoms. The number of nitrogens with zero attached hydrogens (tertiary/aromatic N) is 2. The molecule has 138 valence electrons. The van der Waals surface area contributed by atoms with Gasteiger partial charge < -0.3 is 9.64 Å². The van der Waals surface area contributed by atoms with E-state index in [1.165, 1.54) is 5.56 Å². The number of hydrogen-bond donors (Lipinski definition) is 1. The summed E-state index contributed by atoms with van der Waals surface area (Å²) in [6.45, 7) is 0.535. The molecule has 0 atom stereocenters. The Morgan fingerprint density at radius 3 is 2.64 bits per heavy atom. The van der Waals surface area contributed by atoms with Crippen LogP contribution in [0.2, 0.25) is 0 Å². The maximum absolute atomic E-state index is 13.1. The van der Waals surface area contributed by atoms with Crippen LogP contribution in [0.4, 0.5) is 5.69 Å². The summed E-state index contributed by atoms with van der Waals surface area (Å²) in [5.41, 5.74) is 5.14. The number of carbonyl (C=O) groups excluding carboxylic acids is 1. The van der Waals surface area contributed by atoms with Crippen molar-refractivity contribution in [3.8, 4) is 5.75 Å². The van der Waals surface area contributed by atoms with E-state index >= 15 is 0 Å². The van der Waals surface area contributed by atoms with Gasteiger partial charge in [0.1, 0.15) is 5.75 Å². The van der Waals surface area contributed by atoms with Gasteiger partial charge >= 0.3 is 0 Å². The van der Waals surface area contributed by atoms with Crippen molar-refractivity contribution in [1.29, 1.82) is 0 Å². The second kappa shape index (κ2) is 6.53. The zero-order valence-corrected chi connectivity index (χ0v) is 15.5. The summed E-state index contributed by atoms with van der Waals surface area (Å²) in [6, 6.07) is 18.0. The van der Waals surface area contributed by atoms with E-state index in [1.807, 2.05) is 53.7 Å². The van der Waals surface area contributed by atoms with Crippen molar-refractivity contribution in [3.05, 3.63) is 89.2 Å². The van der Waals surface area contributed by atoms with Gasteiger partial charge in [0.05, 0.1) is 25.5 Å². The lowest BCUT2D eigenvalue weighted by atomic mass is 9.97. The fourth-order valence-electron chi connectivity index (χ4n) is 3.93. The van der Waals surface area contributed by atoms with Crippen molar-refractivity contribution in [2.24, 2.45) is 0 Å². The average Bonchev–Trinajstić information content (AvgIpc) is 3.34. The van der Waals surface area contributed by atoms with Crippen LogP contribution in [0, 0.1) is 0 Å². The smallest absolute Gasteiger partial charge is 0.259 e. The molecule has 2 heterocycles. The summed E-state index contributed by atoms with van der Waals surface area (Å²) < 4.78 is 5.23. The normalized spacial score (nSPS) is 12.8. The lowest BCUT2D eigenvalue weighted by Crippen LogP contribution is -2.25. The number of aromatic nitrogens is 2. The van der Waals surface area contributed by atoms with E-state index in [0.29, 0.717) is 6.54 Å². The van der Waals surface area contributed by atoms with Crippen LogP contribution in [0.3, 0.4) is 0 Å². The Hall–Kier alpha value is -3.60. The highest BCUT2D eigenvalue weighted by molar-refractivity contribution is 6.25. The van der Waals surface area contributed by atoms with Crippen LogP contribution in [-0.4, -0.2) is 23.2 Å². The molecule has 1 aromatic heterocycles. The highest BCUT2D eigenvalue weighted by Crippen LogP contribution is 2.40. The molecule has 5 heteroatoms. The second-order valence-electron chi connectivity index (χ2n) is 6.99. The maximum atomic E-state index is 13.1. The van der Waals surface area contributed by atoms with Gasteiger partial charge in [-0.25, -0.2) is 0 Å². The molecule has 0 aliphatic carbocycles. The van der Waals surface area contributed by atoms with Crippen LogP contribution in [0.15, 0.2) is 67.0 Å². The largest absolute Gasteiger partial charge is 0.497 e. The quantitative estimate of drug-likeness (QED) is 0.570. The van der Waals surface area contributed by atoms with Gasteiger partial charge in [-0.1, -0.05) is 30.3 Å². The van der Waals surface area contributed by atoms with Gasteiger partial charge in [0.2, 0.25) is 0 Å². The summed E-state index contributed by atoms with van der Waals surface area (Å²) in [5.74, 6) is 0.864. The molecule has 1 aliphatic heterocycles. The number of ether oxygens (including phenoxy) is 1. The lowest BCUT2D eigenvalue weighted by molar-refractivity contribution is 0.0991. The van der Waals surface area contributed by atoms with Crippen molar-refractivity contribution in [2.75, 3.05) is 12.0 Å². The van der Waals surface area contributed by atoms with Crippen molar-refractivity contribution in [3.63, 3.8) is 0 Å². The molecule has 0 unspecified atom stereocenters. The Labute approximate surface area is 162 Å². The number of amides is 1. The maximum Gasteiger partial charge on any atom is 0.259 e. The van der Waals surface area contributed by atoms with Gasteiger partial charge in [-0.3, -0.25) is 9.89 Å². The third-order valence-corrected chi connectivity index (χ3v) is 5.32. The van der Waals surface area contributed by atoms with Gasteiger partial charge in [0.15, 0.2) is 0 Å². The summed E-state index contributed by atoms with van der Waals surface area (Å²) in [5, 5.41) is 9.06. The van der Waals surface area contributed by atoms with E-state index in [2.05, 4.69) is 28.4 Å². The molecular formula is C23H19N3O2. The number of nitrogens with one attached hydrogen (secondary N) is 1. The molecule has 28 heavy (non-hydrogen) atoms. The van der Waals surface area contributed by atoms with Crippen molar-refractivity contribution >= 4 is 22.4 Å². The molecule has 1 aliphatic rings. The highest BCUT2D eigenvalue weighted by atomic mass is 16.5. The predicted octanol–water partition coefficient (Wildman–Crippen LogP) is 4.32. The zero-order valence-electron chi connectivity index (χ0n) is 15.5. The van der Waals surface area contributed by atoms with Gasteiger partial charge in [-0.05, 0) is 46.3 Å². The van der Waals surface area contributed by atoms with Crippen molar-refractivity contribution in [2.45, 2.75) is 13.0 Å². The van der Waals surface area contributed by atoms with Crippen LogP contribution in [0.1, 0.15) is 27.0 Å². The van der Waals surface area contributed by atoms with Gasteiger partial charge in [0.25, 0.3) is 5.91 Å². The van der Waals surface area contributed by atoms with E-state index in [-0.39, 0.29) is 5.91 Å². The zero-order chi connectivity index (χ0) is 19.1. The topological polar surface area (TPSA) is 58.2 Å². The summed E-state index contributed by atoms with van der Waals surface area (Å²) in [7, 11) is 1.65. The number of hydrogen-bond acceptors (Lipinski definition) is 3. The molecule has 3 aromatic carbocycles. The lowest BCUT2D eigenvalue weighted by Gasteiger charge is -2.18. The van der Waals surface area contributed by atoms with E-state index in [1.54, 1.807) is 7.11 Å². The second-order valence-corrected chi connectivity index (χ2v) is 6.99. The predicted molar refractivity (Wildman–Crippen MR) is 109 cm³/mol. The SMILES string of the molecule is COc1ccc(CN2C(=O)c3cccc4c(Cc5cn[nH]c5)ccc2c34)cc1. The first-order valence-corrected chi connectivity index (χ1v) is 9.21. The third-order valence-electron chi connectivity index (χ3n) is 5.32. The fraction of sp³-hybridized carbons (Fsp3) is 0.130. The van der Waals surface area contributed by atoms with Crippen LogP contribution >= 0.6 is 0 Å². The number of benzene rings is 3. The molecule has 0 saturated heterocycles. The van der Waals surface area contributed by atoms with Gasteiger partial charge in [-0.2, -0.15) is 5.10 Å². The Balaban J connectivity index is 1.55. The Kier molecular flexibility index (Phi) is 3.86. The molecule has 4 aromatic rings. The van der Waals surface area contributed by atoms with Gasteiger partial charge in [0, 0.05) is 23.6 Å². The number of H-pyrrole nitrogens is 1. The van der Waals surface area contributed by atoms with Crippen LogP contribution in [0.25, 0.3) is 10.8 Å². The first kappa shape index (κ1) is 16.6. The van der Waals surface area contributed by atoms with Crippen molar-refractivity contribution in [1.82, 2.24) is 10.2 Å². The minimum atomic E-state index is 0.0527. The summed E-state index contributed by atoms with van der Waals surface area (Å²) in [4.78, 5) is 15.0. The first-order chi connectivity index (χ1) is 13.7. The van der Waals surface area contributed by atoms with Crippen LogP contribution in [0.5, 0.6) is 5.75 Å². The van der Waals surface area contributed by atoms with Crippen LogP contribution in [-0.2, 0) is 13.0 Å². The molecule has 5 rings (SSSR count). The third kappa shape index (κ3) is 2.63. The molecule has 0 bridgehead atoms. The monoisotopic (exact) mass is 369 g/mol. The number of rotatable bonds is 5. The van der Waals surface area contributed by atoms with Gasteiger partial charge in [-0.15, -0.1) is 0 Å². The fourth-order valence-corrected chi connectivity index (χ4v) is 3.93. The van der Waals surface area contributed by atoms with E-state index in [0.717, 1.165) is 45.3 Å². The minimum Gasteiger partial charge on any atom is -0.497 e. The molecule has 0 saturated carbocycles. The highest BCUT2D eigenvalue weighted by Gasteiger charge is 2.30. The minimum absolute atomic E-state index is 0.0527. The summed E-state index contributed by atoms with van der Waals surface area (Å²) >= 11 is 0. The Morgan fingerprint density at radius 1 is 1.04 bits per heavy atom. The van der Waals surface area contributed by atoms with E-state index < -0.39 is 0 Å². The standard InChI is InChI=1S/C23H19N3O2/c1-28-18-8-5-15(6-9-18)14-26-21-10-7-17(11-16-12-24-25-13-16)19-3-2-4-20(22(19)21)23(26)27/h2-10,12-13H,11,14H2,1H3,(H,24,25). The number of carbonyl (C=O) groups is 1. The first-order valence-electron chi connectivity index (χ1n) is 9.21.